The maximum atomic E-state index is 15.5. The van der Waals surface area contributed by atoms with Gasteiger partial charge in [-0.1, -0.05) is 112 Å². The lowest BCUT2D eigenvalue weighted by atomic mass is 9.57. The molecule has 6 aliphatic carbocycles. The van der Waals surface area contributed by atoms with Crippen LogP contribution in [0.1, 0.15) is 83.6 Å². The average Bonchev–Trinajstić information content (AvgIpc) is 4.00. The lowest BCUT2D eigenvalue weighted by molar-refractivity contribution is -0.153. The summed E-state index contributed by atoms with van der Waals surface area (Å²) in [5, 5.41) is 63.7. The van der Waals surface area contributed by atoms with E-state index in [0.29, 0.717) is 40.9 Å². The van der Waals surface area contributed by atoms with Crippen molar-refractivity contribution in [3.05, 3.63) is 153 Å². The number of rotatable bonds is 9. The number of benzene rings is 5. The number of phenolic OH excluding ortho intramolecular Hbond substituents is 1. The molecule has 0 radical (unpaired) electrons. The van der Waals surface area contributed by atoms with Crippen LogP contribution in [0.15, 0.2) is 118 Å². The van der Waals surface area contributed by atoms with Gasteiger partial charge < -0.3 is 49.7 Å². The lowest BCUT2D eigenvalue weighted by Crippen LogP contribution is -2.68. The fraction of sp³-hybridized carbons (Fsp3) is 0.375. The summed E-state index contributed by atoms with van der Waals surface area (Å²) in [5.74, 6) is -7.74. The Balaban J connectivity index is 0.000000185. The number of aromatic nitrogens is 1. The number of Topliss-reactive ketones (excluding diaryl/α,β-unsaturated/α-hetero) is 4. The van der Waals surface area contributed by atoms with Gasteiger partial charge in [0, 0.05) is 33.8 Å². The Morgan fingerprint density at radius 3 is 1.87 bits per heavy atom. The molecule has 6 aromatic rings. The molecule has 1 aromatic heterocycles. The van der Waals surface area contributed by atoms with E-state index >= 15 is 9.59 Å². The number of nitrogens with two attached hydrogens (primary N) is 1. The zero-order chi connectivity index (χ0) is 59.7. The number of carbonyl (C=O) groups excluding carboxylic acids is 5. The van der Waals surface area contributed by atoms with Crippen LogP contribution < -0.4 is 15.2 Å². The molecule has 0 unspecified atom stereocenters. The largest absolute Gasteiger partial charge is 0.508 e. The molecular formula is C64H68N4O14Si. The fourth-order valence-electron chi connectivity index (χ4n) is 13.8. The van der Waals surface area contributed by atoms with Crippen molar-refractivity contribution >= 4 is 70.4 Å². The van der Waals surface area contributed by atoms with Crippen LogP contribution in [-0.2, 0) is 43.1 Å². The molecule has 5 aromatic carbocycles. The van der Waals surface area contributed by atoms with Crippen molar-refractivity contribution in [1.82, 2.24) is 15.0 Å². The molecule has 1 heterocycles. The van der Waals surface area contributed by atoms with Gasteiger partial charge in [-0.2, -0.15) is 0 Å². The van der Waals surface area contributed by atoms with Gasteiger partial charge in [-0.05, 0) is 116 Å². The summed E-state index contributed by atoms with van der Waals surface area (Å²) in [6, 6.07) is 26.8. The molecule has 0 spiro atoms. The Labute approximate surface area is 480 Å². The Hall–Kier alpha value is -7.94. The summed E-state index contributed by atoms with van der Waals surface area (Å²) in [6.45, 7) is 10.5. The number of ether oxygens (including phenoxy) is 2. The minimum Gasteiger partial charge on any atom is -0.508 e. The highest BCUT2D eigenvalue weighted by Gasteiger charge is 2.69. The number of primary amides is 1. The van der Waals surface area contributed by atoms with Gasteiger partial charge in [0.05, 0.1) is 30.3 Å². The summed E-state index contributed by atoms with van der Waals surface area (Å²) >= 11 is 0. The number of aliphatic hydroxyl groups excluding tert-OH is 3. The summed E-state index contributed by atoms with van der Waals surface area (Å²) in [6.07, 6.45) is 1.24. The van der Waals surface area contributed by atoms with Crippen molar-refractivity contribution < 1.29 is 67.9 Å². The van der Waals surface area contributed by atoms with Gasteiger partial charge in [-0.25, -0.2) is 0 Å². The van der Waals surface area contributed by atoms with Crippen molar-refractivity contribution in [2.24, 2.45) is 29.4 Å². The predicted octanol–water partition coefficient (Wildman–Crippen LogP) is 8.82. The number of amides is 1. The molecule has 19 heteroatoms. The molecule has 7 N–H and O–H groups in total. The van der Waals surface area contributed by atoms with Crippen molar-refractivity contribution in [1.29, 1.82) is 0 Å². The van der Waals surface area contributed by atoms with Gasteiger partial charge in [0.15, 0.2) is 31.1 Å². The number of nitrogens with zero attached hydrogens (tertiary/aromatic N) is 3. The molecular weight excluding hydrogens is 1080 g/mol. The Bertz CT molecular complexity index is 3870. The molecule has 83 heavy (non-hydrogen) atoms. The van der Waals surface area contributed by atoms with Gasteiger partial charge in [0.2, 0.25) is 17.3 Å². The summed E-state index contributed by atoms with van der Waals surface area (Å²) < 4.78 is 25.2. The van der Waals surface area contributed by atoms with Crippen LogP contribution in [0.25, 0.3) is 33.1 Å². The minimum absolute atomic E-state index is 0.0302. The zero-order valence-electron chi connectivity index (χ0n) is 48.0. The average molecular weight is 1150 g/mol. The van der Waals surface area contributed by atoms with E-state index in [1.165, 1.54) is 4.90 Å². The fourth-order valence-corrected chi connectivity index (χ4v) is 15.3. The maximum absolute atomic E-state index is 15.5. The normalized spacial score (nSPS) is 25.7. The molecule has 0 bridgehead atoms. The topological polar surface area (TPSA) is 273 Å². The van der Waals surface area contributed by atoms with E-state index in [1.54, 1.807) is 33.3 Å². The van der Waals surface area contributed by atoms with Gasteiger partial charge >= 0.3 is 0 Å². The second-order valence-corrected chi connectivity index (χ2v) is 29.5. The molecule has 6 aliphatic rings. The first kappa shape index (κ1) is 56.9. The van der Waals surface area contributed by atoms with Crippen molar-refractivity contribution in [3.8, 4) is 17.4 Å². The van der Waals surface area contributed by atoms with E-state index in [2.05, 4.69) is 32.0 Å². The van der Waals surface area contributed by atoms with Crippen LogP contribution in [0.3, 0.4) is 0 Å². The maximum Gasteiger partial charge on any atom is 0.265 e. The highest BCUT2D eigenvalue weighted by atomic mass is 28.4. The summed E-state index contributed by atoms with van der Waals surface area (Å²) in [5.41, 5.74) is 3.11. The van der Waals surface area contributed by atoms with Crippen molar-refractivity contribution in [2.45, 2.75) is 94.5 Å². The van der Waals surface area contributed by atoms with Crippen LogP contribution in [0.2, 0.25) is 18.1 Å². The van der Waals surface area contributed by atoms with E-state index in [1.807, 2.05) is 105 Å². The van der Waals surface area contributed by atoms with E-state index in [4.69, 9.17) is 24.2 Å². The number of fused-ring (bicyclic) bond motifs is 9. The molecule has 1 amide bonds. The first-order valence-electron chi connectivity index (χ1n) is 27.7. The van der Waals surface area contributed by atoms with Crippen LogP contribution in [0, 0.1) is 23.7 Å². The SMILES string of the molecule is CN(C)[C@@H]1C(=O)C(C(N)=O)=C(O)[C@@]2(O)C(=O)C3=C(O)c4c(cc5ccccc5c4O)C[C@H]3C[C@@H]12.COc1c2c(cc3ccccc13)C[C@H]1C[C@H]3[C@H](N(C)C)c4onc(OCc5ccccc5)c4C(=O)[C@@]3(O[Si](C)(C)C(C)(C)C)C(=O)C1=C2O. The number of carbonyl (C=O) groups is 5. The number of aliphatic hydroxyl groups is 4. The van der Waals surface area contributed by atoms with E-state index in [9.17, 15) is 39.9 Å². The third kappa shape index (κ3) is 8.47. The monoisotopic (exact) mass is 1140 g/mol. The Morgan fingerprint density at radius 1 is 0.735 bits per heavy atom. The molecule has 8 atom stereocenters. The number of aromatic hydroxyl groups is 1. The quantitative estimate of drug-likeness (QED) is 0.0448. The molecule has 0 saturated heterocycles. The van der Waals surface area contributed by atoms with E-state index < -0.39 is 95.5 Å². The molecule has 12 rings (SSSR count). The first-order valence-corrected chi connectivity index (χ1v) is 30.6. The van der Waals surface area contributed by atoms with Gasteiger partial charge in [0.25, 0.3) is 11.8 Å². The van der Waals surface area contributed by atoms with Crippen LogP contribution in [0.4, 0.5) is 0 Å². The number of hydrogen-bond donors (Lipinski definition) is 6. The Morgan fingerprint density at radius 2 is 1.28 bits per heavy atom. The number of methoxy groups -OCH3 is 1. The zero-order valence-corrected chi connectivity index (χ0v) is 49.0. The number of likely N-dealkylation sites (N-methyl/N-ethyl adjacent to an activating group) is 1. The van der Waals surface area contributed by atoms with Crippen LogP contribution in [-0.4, -0.2) is 130 Å². The number of ketones is 4. The number of hydrogen-bond acceptors (Lipinski definition) is 17. The highest BCUT2D eigenvalue weighted by Crippen LogP contribution is 2.60. The van der Waals surface area contributed by atoms with Gasteiger partial charge in [0.1, 0.15) is 46.5 Å². The Kier molecular flexibility index (Phi) is 13.8. The highest BCUT2D eigenvalue weighted by molar-refractivity contribution is 6.74. The van der Waals surface area contributed by atoms with Gasteiger partial charge in [-0.15, -0.1) is 0 Å². The third-order valence-electron chi connectivity index (χ3n) is 18.6. The second kappa shape index (κ2) is 20.2. The van der Waals surface area contributed by atoms with Crippen LogP contribution >= 0.6 is 0 Å². The summed E-state index contributed by atoms with van der Waals surface area (Å²) in [7, 11) is 5.70. The van der Waals surface area contributed by atoms with Gasteiger partial charge in [-0.3, -0.25) is 33.8 Å². The second-order valence-electron chi connectivity index (χ2n) is 24.8. The van der Waals surface area contributed by atoms with Crippen molar-refractivity contribution in [2.75, 3.05) is 35.3 Å². The van der Waals surface area contributed by atoms with E-state index in [-0.39, 0.29) is 70.1 Å². The molecule has 2 saturated carbocycles. The standard InChI is InChI=1S/C39H44N2O7Si.C25H24N2O7/c1-38(2,3)49(7,8)48-39-27(31(41(4)5)34-30(36(39)44)37(40-47-34)46-21-22-14-10-9-11-15-22)20-25-19-24-18-23-16-12-13-17-26(23)33(45-6)28(24)32(42)29(25)35(39)43;1-27(2)18-14-9-12-8-11-7-10-5-3-4-6-13(10)19(28)15(11)20(29)16(12)22(31)25(14,34)23(32)17(21(18)30)24(26)33/h9-18,25,27,31,42H,19-21H2,1-8H3;3-7,12,14,18,28-29,32,34H,8-9H2,1-2H3,(H2,26,33)/t25-,27-,31-,39-;12-,14-,18-,25-/m00/s1. The minimum atomic E-state index is -2.83. The lowest BCUT2D eigenvalue weighted by Gasteiger charge is -2.55. The number of phenols is 1. The van der Waals surface area contributed by atoms with Crippen molar-refractivity contribution in [3.63, 3.8) is 0 Å². The molecule has 18 nitrogen and oxygen atoms in total. The molecule has 0 aliphatic heterocycles. The predicted molar refractivity (Wildman–Crippen MR) is 311 cm³/mol. The molecule has 2 fully saturated rings. The van der Waals surface area contributed by atoms with Crippen LogP contribution in [0.5, 0.6) is 17.4 Å². The van der Waals surface area contributed by atoms with E-state index in [0.717, 1.165) is 27.3 Å². The first-order chi connectivity index (χ1) is 39.2. The molecule has 432 valence electrons. The smallest absolute Gasteiger partial charge is 0.265 e. The third-order valence-corrected chi connectivity index (χ3v) is 23.1. The summed E-state index contributed by atoms with van der Waals surface area (Å²) in [4.78, 5) is 73.1.